The number of rotatable bonds is 6. The van der Waals surface area contributed by atoms with Crippen LogP contribution < -0.4 is 5.32 Å². The maximum atomic E-state index is 12.8. The lowest BCUT2D eigenvalue weighted by molar-refractivity contribution is -0.206. The number of ether oxygens (including phenoxy) is 1. The lowest BCUT2D eigenvalue weighted by atomic mass is 9.43. The van der Waals surface area contributed by atoms with Gasteiger partial charge in [0.2, 0.25) is 0 Å². The molecular formula is C29H49NO5. The zero-order valence-electron chi connectivity index (χ0n) is 22.5. The summed E-state index contributed by atoms with van der Waals surface area (Å²) in [6, 6.07) is 0.0140. The molecule has 4 aliphatic rings. The van der Waals surface area contributed by atoms with Crippen molar-refractivity contribution in [3.63, 3.8) is 0 Å². The van der Waals surface area contributed by atoms with Gasteiger partial charge < -0.3 is 25.4 Å². The predicted molar refractivity (Wildman–Crippen MR) is 137 cm³/mol. The third-order valence-corrected chi connectivity index (χ3v) is 11.0. The maximum Gasteiger partial charge on any atom is 0.407 e. The van der Waals surface area contributed by atoms with Gasteiger partial charge in [0.15, 0.2) is 0 Å². The average Bonchev–Trinajstić information content (AvgIpc) is 3.12. The van der Waals surface area contributed by atoms with Crippen LogP contribution in [0.3, 0.4) is 0 Å². The van der Waals surface area contributed by atoms with Crippen LogP contribution in [0.1, 0.15) is 92.4 Å². The topological polar surface area (TPSA) is 99.0 Å². The molecule has 0 unspecified atom stereocenters. The molecule has 0 aromatic carbocycles. The molecule has 0 saturated heterocycles. The smallest absolute Gasteiger partial charge is 0.407 e. The Morgan fingerprint density at radius 2 is 1.80 bits per heavy atom. The molecule has 4 N–H and O–H groups in total. The Balaban J connectivity index is 1.66. The highest BCUT2D eigenvalue weighted by Crippen LogP contribution is 2.68. The first-order chi connectivity index (χ1) is 16.4. The summed E-state index contributed by atoms with van der Waals surface area (Å²) in [4.78, 5) is 12.8. The van der Waals surface area contributed by atoms with Gasteiger partial charge >= 0.3 is 6.09 Å². The predicted octanol–water partition coefficient (Wildman–Crippen LogP) is 5.58. The zero-order valence-corrected chi connectivity index (χ0v) is 22.5. The fourth-order valence-corrected chi connectivity index (χ4v) is 9.23. The van der Waals surface area contributed by atoms with E-state index in [0.717, 1.165) is 51.4 Å². The highest BCUT2D eigenvalue weighted by Gasteiger charge is 2.66. The van der Waals surface area contributed by atoms with Crippen molar-refractivity contribution in [2.45, 2.75) is 117 Å². The lowest BCUT2D eigenvalue weighted by Gasteiger charge is -2.63. The molecule has 4 saturated carbocycles. The van der Waals surface area contributed by atoms with E-state index in [9.17, 15) is 20.1 Å². The molecule has 6 heteroatoms. The first-order valence-corrected chi connectivity index (χ1v) is 14.1. The average molecular weight is 492 g/mol. The van der Waals surface area contributed by atoms with Gasteiger partial charge in [-0.25, -0.2) is 4.79 Å². The van der Waals surface area contributed by atoms with E-state index in [0.29, 0.717) is 30.1 Å². The Bertz CT molecular complexity index is 800. The molecule has 0 aromatic heterocycles. The van der Waals surface area contributed by atoms with Crippen molar-refractivity contribution in [1.82, 2.24) is 5.32 Å². The lowest BCUT2D eigenvalue weighted by Crippen LogP contribution is -2.63. The maximum absolute atomic E-state index is 12.8. The number of fused-ring (bicyclic) bond motifs is 5. The van der Waals surface area contributed by atoms with Crippen LogP contribution in [0.5, 0.6) is 0 Å². The van der Waals surface area contributed by atoms with Crippen molar-refractivity contribution in [3.8, 4) is 0 Å². The SMILES string of the molecule is C=C(O)CC[C@@H](C)[C@H]1CC[C@H]2[C@@H]3[C@H](OC(=O)NC(C)C)C[C@@H]4C[C@H](O)CC[C@]4(C)[C@H]3C[C@H](O)[C@]12C. The molecule has 0 spiro atoms. The van der Waals surface area contributed by atoms with Gasteiger partial charge in [-0.1, -0.05) is 27.4 Å². The molecule has 0 heterocycles. The largest absolute Gasteiger partial charge is 0.513 e. The molecule has 11 atom stereocenters. The number of carbonyl (C=O) groups excluding carboxylic acids is 1. The minimum absolute atomic E-state index is 0.0140. The van der Waals surface area contributed by atoms with Crippen molar-refractivity contribution >= 4 is 6.09 Å². The van der Waals surface area contributed by atoms with Crippen LogP contribution in [-0.2, 0) is 4.74 Å². The van der Waals surface area contributed by atoms with Gasteiger partial charge in [0.25, 0.3) is 0 Å². The number of hydrogen-bond donors (Lipinski definition) is 4. The summed E-state index contributed by atoms with van der Waals surface area (Å²) in [5.74, 6) is 2.08. The number of aliphatic hydroxyl groups is 3. The highest BCUT2D eigenvalue weighted by molar-refractivity contribution is 5.67. The van der Waals surface area contributed by atoms with Crippen LogP contribution in [0, 0.1) is 46.3 Å². The third-order valence-electron chi connectivity index (χ3n) is 11.0. The first kappa shape index (κ1) is 26.8. The molecule has 0 bridgehead atoms. The van der Waals surface area contributed by atoms with Gasteiger partial charge in [-0.3, -0.25) is 0 Å². The Hall–Kier alpha value is -1.27. The molecular weight excluding hydrogens is 442 g/mol. The second-order valence-corrected chi connectivity index (χ2v) is 13.3. The molecule has 1 amide bonds. The van der Waals surface area contributed by atoms with E-state index in [4.69, 9.17) is 4.74 Å². The van der Waals surface area contributed by atoms with E-state index >= 15 is 0 Å². The monoisotopic (exact) mass is 491 g/mol. The van der Waals surface area contributed by atoms with Crippen LogP contribution in [0.4, 0.5) is 4.79 Å². The van der Waals surface area contributed by atoms with Crippen molar-refractivity contribution in [1.29, 1.82) is 0 Å². The van der Waals surface area contributed by atoms with Crippen LogP contribution in [0.15, 0.2) is 12.3 Å². The Labute approximate surface area is 211 Å². The quantitative estimate of drug-likeness (QED) is 0.364. The van der Waals surface area contributed by atoms with Gasteiger partial charge in [0, 0.05) is 18.4 Å². The molecule has 35 heavy (non-hydrogen) atoms. The fraction of sp³-hybridized carbons (Fsp3) is 0.897. The molecule has 4 aliphatic carbocycles. The van der Waals surface area contributed by atoms with Gasteiger partial charge in [0.1, 0.15) is 6.10 Å². The van der Waals surface area contributed by atoms with Gasteiger partial charge in [0.05, 0.1) is 18.0 Å². The number of alkyl carbamates (subject to hydrolysis) is 1. The number of aliphatic hydroxyl groups excluding tert-OH is 3. The van der Waals surface area contributed by atoms with Crippen LogP contribution in [0.2, 0.25) is 0 Å². The summed E-state index contributed by atoms with van der Waals surface area (Å²) in [5, 5.41) is 34.8. The molecule has 0 aliphatic heterocycles. The van der Waals surface area contributed by atoms with Crippen molar-refractivity contribution < 1.29 is 24.9 Å². The minimum atomic E-state index is -0.395. The Morgan fingerprint density at radius 1 is 1.09 bits per heavy atom. The van der Waals surface area contributed by atoms with Crippen molar-refractivity contribution in [2.75, 3.05) is 0 Å². The molecule has 0 aromatic rings. The first-order valence-electron chi connectivity index (χ1n) is 14.1. The van der Waals surface area contributed by atoms with E-state index < -0.39 is 6.10 Å². The highest BCUT2D eigenvalue weighted by atomic mass is 16.6. The Kier molecular flexibility index (Phi) is 7.57. The second kappa shape index (κ2) is 9.89. The Morgan fingerprint density at radius 3 is 2.46 bits per heavy atom. The molecule has 4 fully saturated rings. The number of carbonyl (C=O) groups is 1. The number of nitrogens with one attached hydrogen (secondary N) is 1. The summed E-state index contributed by atoms with van der Waals surface area (Å²) in [5.41, 5.74) is -0.177. The van der Waals surface area contributed by atoms with Crippen LogP contribution >= 0.6 is 0 Å². The summed E-state index contributed by atoms with van der Waals surface area (Å²) in [6.07, 6.45) is 6.44. The second-order valence-electron chi connectivity index (χ2n) is 13.3. The standard InChI is InChI=1S/C29H49NO5/c1-16(2)30-27(34)35-24-14-19-13-20(32)11-12-28(19,5)23-15-25(33)29(6)21(9-10-22(29)26(23)24)17(3)7-8-18(4)31/h16-17,19-26,31-33H,4,7-15H2,1-3,5-6H3,(H,30,34)/t17-,19+,20-,21-,22+,23+,24-,25+,26+,28+,29-/m1/s1. The van der Waals surface area contributed by atoms with Crippen molar-refractivity contribution in [3.05, 3.63) is 12.3 Å². The summed E-state index contributed by atoms with van der Waals surface area (Å²) < 4.78 is 6.21. The molecule has 4 rings (SSSR count). The van der Waals surface area contributed by atoms with E-state index in [1.807, 2.05) is 13.8 Å². The number of amides is 1. The van der Waals surface area contributed by atoms with Crippen molar-refractivity contribution in [2.24, 2.45) is 46.3 Å². The van der Waals surface area contributed by atoms with E-state index in [-0.39, 0.29) is 52.8 Å². The van der Waals surface area contributed by atoms with Crippen LogP contribution in [-0.4, -0.2) is 45.8 Å². The summed E-state index contributed by atoms with van der Waals surface area (Å²) in [7, 11) is 0. The summed E-state index contributed by atoms with van der Waals surface area (Å²) >= 11 is 0. The summed E-state index contributed by atoms with van der Waals surface area (Å²) in [6.45, 7) is 14.5. The van der Waals surface area contributed by atoms with Gasteiger partial charge in [-0.15, -0.1) is 0 Å². The van der Waals surface area contributed by atoms with Gasteiger partial charge in [-0.05, 0) is 106 Å². The zero-order chi connectivity index (χ0) is 25.7. The van der Waals surface area contributed by atoms with Gasteiger partial charge in [-0.2, -0.15) is 0 Å². The molecule has 6 nitrogen and oxygen atoms in total. The normalized spacial score (nSPS) is 45.7. The minimum Gasteiger partial charge on any atom is -0.513 e. The van der Waals surface area contributed by atoms with Crippen LogP contribution in [0.25, 0.3) is 0 Å². The molecule has 200 valence electrons. The fourth-order valence-electron chi connectivity index (χ4n) is 9.23. The third kappa shape index (κ3) is 4.74. The van der Waals surface area contributed by atoms with E-state index in [2.05, 4.69) is 32.7 Å². The van der Waals surface area contributed by atoms with E-state index in [1.54, 1.807) is 0 Å². The molecule has 0 radical (unpaired) electrons. The number of hydrogen-bond acceptors (Lipinski definition) is 5. The van der Waals surface area contributed by atoms with E-state index in [1.165, 1.54) is 0 Å². The number of allylic oxidation sites excluding steroid dienone is 1.